The van der Waals surface area contributed by atoms with E-state index in [0.717, 1.165) is 4.90 Å². The molecule has 0 unspecified atom stereocenters. The van der Waals surface area contributed by atoms with Crippen LogP contribution in [0.4, 0.5) is 11.4 Å². The van der Waals surface area contributed by atoms with Gasteiger partial charge in [0.1, 0.15) is 22.8 Å². The molecule has 0 spiro atoms. The van der Waals surface area contributed by atoms with Gasteiger partial charge in [-0.2, -0.15) is 0 Å². The van der Waals surface area contributed by atoms with E-state index < -0.39 is 23.5 Å². The lowest BCUT2D eigenvalue weighted by Gasteiger charge is -2.11. The first-order valence-corrected chi connectivity index (χ1v) is 12.8. The number of hydrogen-bond donors (Lipinski definition) is 5. The molecule has 4 aromatic rings. The van der Waals surface area contributed by atoms with Crippen molar-refractivity contribution in [3.8, 4) is 5.75 Å². The highest BCUT2D eigenvalue weighted by Gasteiger charge is 2.16. The molecule has 10 nitrogen and oxygen atoms in total. The number of thioether (sulfide) groups is 1. The van der Waals surface area contributed by atoms with Gasteiger partial charge in [-0.25, -0.2) is 4.79 Å². The first-order valence-electron chi connectivity index (χ1n) is 11.8. The quantitative estimate of drug-likeness (QED) is 0.105. The lowest BCUT2D eigenvalue weighted by Crippen LogP contribution is -2.30. The molecule has 0 aliphatic heterocycles. The molecule has 1 heterocycles. The van der Waals surface area contributed by atoms with Crippen LogP contribution in [0.1, 0.15) is 26.5 Å². The minimum absolute atomic E-state index is 0.0146. The molecule has 0 aliphatic carbocycles. The number of carboxylic acid groups (broad SMARTS) is 1. The second-order valence-corrected chi connectivity index (χ2v) is 9.29. The van der Waals surface area contributed by atoms with Crippen LogP contribution >= 0.6 is 11.8 Å². The number of amides is 3. The molecule has 3 amide bonds. The summed E-state index contributed by atoms with van der Waals surface area (Å²) in [7, 11) is 0. The van der Waals surface area contributed by atoms with Crippen LogP contribution in [0.25, 0.3) is 6.08 Å². The van der Waals surface area contributed by atoms with Crippen molar-refractivity contribution in [1.82, 2.24) is 5.32 Å². The van der Waals surface area contributed by atoms with Crippen LogP contribution in [0.3, 0.4) is 0 Å². The molecule has 202 valence electrons. The Balaban J connectivity index is 1.36. The number of aromatic carboxylic acids is 1. The highest BCUT2D eigenvalue weighted by atomic mass is 32.2. The second kappa shape index (κ2) is 13.0. The van der Waals surface area contributed by atoms with Crippen molar-refractivity contribution in [2.75, 3.05) is 16.4 Å². The Morgan fingerprint density at radius 2 is 1.57 bits per heavy atom. The molecule has 0 atom stereocenters. The van der Waals surface area contributed by atoms with E-state index in [0.29, 0.717) is 17.0 Å². The Labute approximate surface area is 232 Å². The van der Waals surface area contributed by atoms with Crippen LogP contribution in [-0.4, -0.2) is 39.7 Å². The number of rotatable bonds is 10. The Hall–Kier alpha value is -5.29. The summed E-state index contributed by atoms with van der Waals surface area (Å²) in [5.41, 5.74) is 0.767. The van der Waals surface area contributed by atoms with E-state index in [2.05, 4.69) is 16.0 Å². The maximum absolute atomic E-state index is 13.0. The molecule has 1 aromatic heterocycles. The molecule has 40 heavy (non-hydrogen) atoms. The van der Waals surface area contributed by atoms with Gasteiger partial charge in [-0.3, -0.25) is 14.4 Å². The minimum Gasteiger partial charge on any atom is -0.507 e. The average Bonchev–Trinajstić information content (AvgIpc) is 3.47. The Kier molecular flexibility index (Phi) is 9.00. The zero-order valence-corrected chi connectivity index (χ0v) is 21.6. The van der Waals surface area contributed by atoms with E-state index in [9.17, 15) is 24.3 Å². The molecular weight excluding hydrogens is 534 g/mol. The zero-order chi connectivity index (χ0) is 28.5. The summed E-state index contributed by atoms with van der Waals surface area (Å²) in [5, 5.41) is 26.6. The van der Waals surface area contributed by atoms with Gasteiger partial charge in [0, 0.05) is 27.9 Å². The predicted octanol–water partition coefficient (Wildman–Crippen LogP) is 4.82. The number of furan rings is 1. The van der Waals surface area contributed by atoms with Crippen LogP contribution in [0.5, 0.6) is 5.75 Å². The van der Waals surface area contributed by atoms with Crippen molar-refractivity contribution >= 4 is 52.9 Å². The van der Waals surface area contributed by atoms with Crippen molar-refractivity contribution in [2.45, 2.75) is 4.90 Å². The Morgan fingerprint density at radius 3 is 2.25 bits per heavy atom. The van der Waals surface area contributed by atoms with Gasteiger partial charge in [-0.15, -0.1) is 11.8 Å². The Morgan fingerprint density at radius 1 is 0.850 bits per heavy atom. The second-order valence-electron chi connectivity index (χ2n) is 8.25. The lowest BCUT2D eigenvalue weighted by atomic mass is 10.2. The number of nitrogens with one attached hydrogen (secondary N) is 3. The van der Waals surface area contributed by atoms with Crippen molar-refractivity contribution in [2.24, 2.45) is 0 Å². The number of hydrogen-bond acceptors (Lipinski definition) is 7. The highest BCUT2D eigenvalue weighted by molar-refractivity contribution is 8.00. The number of carboxylic acids is 1. The molecule has 0 radical (unpaired) electrons. The van der Waals surface area contributed by atoms with Gasteiger partial charge in [0.2, 0.25) is 5.91 Å². The van der Waals surface area contributed by atoms with Gasteiger partial charge >= 0.3 is 5.97 Å². The van der Waals surface area contributed by atoms with Gasteiger partial charge in [0.25, 0.3) is 11.8 Å². The van der Waals surface area contributed by atoms with E-state index in [-0.39, 0.29) is 28.6 Å². The number of anilines is 2. The average molecular weight is 558 g/mol. The molecule has 0 saturated carbocycles. The van der Waals surface area contributed by atoms with Crippen LogP contribution in [-0.2, 0) is 9.59 Å². The molecule has 0 aliphatic rings. The first-order chi connectivity index (χ1) is 19.3. The fourth-order valence-corrected chi connectivity index (χ4v) is 4.12. The topological polar surface area (TPSA) is 158 Å². The van der Waals surface area contributed by atoms with Crippen LogP contribution in [0.2, 0.25) is 0 Å². The monoisotopic (exact) mass is 557 g/mol. The van der Waals surface area contributed by atoms with Gasteiger partial charge in [0.15, 0.2) is 0 Å². The third-order valence-corrected chi connectivity index (χ3v) is 6.36. The van der Waals surface area contributed by atoms with Crippen molar-refractivity contribution < 1.29 is 33.8 Å². The molecule has 4 rings (SSSR count). The van der Waals surface area contributed by atoms with Crippen molar-refractivity contribution in [1.29, 1.82) is 0 Å². The number of carbonyl (C=O) groups is 4. The van der Waals surface area contributed by atoms with Crippen LogP contribution < -0.4 is 16.0 Å². The molecular formula is C29H23N3O7S. The number of benzene rings is 3. The first kappa shape index (κ1) is 27.7. The molecule has 3 aromatic carbocycles. The van der Waals surface area contributed by atoms with Crippen LogP contribution in [0, 0.1) is 0 Å². The molecule has 0 saturated heterocycles. The minimum atomic E-state index is -1.31. The number of phenols is 1. The summed E-state index contributed by atoms with van der Waals surface area (Å²) < 4.78 is 5.29. The number of aromatic hydroxyl groups is 1. The van der Waals surface area contributed by atoms with E-state index in [1.165, 1.54) is 42.3 Å². The van der Waals surface area contributed by atoms with E-state index >= 15 is 0 Å². The fraction of sp³-hybridized carbons (Fsp3) is 0.0345. The third kappa shape index (κ3) is 7.62. The van der Waals surface area contributed by atoms with Crippen molar-refractivity contribution in [3.05, 3.63) is 114 Å². The smallest absolute Gasteiger partial charge is 0.339 e. The molecule has 0 bridgehead atoms. The SMILES string of the molecule is O=C(CSc1ccc(NC(=O)/C(=C/c2ccco2)NC(=O)c2ccccc2)cc1)Nc1ccc(O)c(C(=O)O)c1. The summed E-state index contributed by atoms with van der Waals surface area (Å²) in [4.78, 5) is 49.9. The molecule has 5 N–H and O–H groups in total. The summed E-state index contributed by atoms with van der Waals surface area (Å²) >= 11 is 1.23. The van der Waals surface area contributed by atoms with Crippen molar-refractivity contribution in [3.63, 3.8) is 0 Å². The van der Waals surface area contributed by atoms with Gasteiger partial charge in [-0.05, 0) is 66.7 Å². The van der Waals surface area contributed by atoms with Gasteiger partial charge < -0.3 is 30.6 Å². The highest BCUT2D eigenvalue weighted by Crippen LogP contribution is 2.23. The molecule has 11 heteroatoms. The van der Waals surface area contributed by atoms with Crippen LogP contribution in [0.15, 0.2) is 106 Å². The summed E-state index contributed by atoms with van der Waals surface area (Å²) in [6.45, 7) is 0. The lowest BCUT2D eigenvalue weighted by molar-refractivity contribution is -0.114. The zero-order valence-electron chi connectivity index (χ0n) is 20.8. The number of carbonyl (C=O) groups excluding carboxylic acids is 3. The largest absolute Gasteiger partial charge is 0.507 e. The standard InChI is InChI=1S/C29H23N3O7S/c33-25-13-10-20(15-23(25)29(37)38)30-26(34)17-40-22-11-8-19(9-12-22)31-28(36)24(16-21-7-4-14-39-21)32-27(35)18-5-2-1-3-6-18/h1-16,33H,17H2,(H,30,34)(H,31,36)(H,32,35)(H,37,38)/b24-16-. The van der Waals surface area contributed by atoms with E-state index in [1.807, 2.05) is 0 Å². The maximum Gasteiger partial charge on any atom is 0.339 e. The summed E-state index contributed by atoms with van der Waals surface area (Å²) in [6, 6.07) is 22.3. The summed E-state index contributed by atoms with van der Waals surface area (Å²) in [6.07, 6.45) is 2.88. The van der Waals surface area contributed by atoms with E-state index in [4.69, 9.17) is 9.52 Å². The summed E-state index contributed by atoms with van der Waals surface area (Å²) in [5.74, 6) is -2.66. The van der Waals surface area contributed by atoms with Gasteiger partial charge in [0.05, 0.1) is 12.0 Å². The normalized spacial score (nSPS) is 10.9. The fourth-order valence-electron chi connectivity index (χ4n) is 3.42. The predicted molar refractivity (Wildman–Crippen MR) is 150 cm³/mol. The Bertz CT molecular complexity index is 1550. The van der Waals surface area contributed by atoms with Gasteiger partial charge in [-0.1, -0.05) is 18.2 Å². The third-order valence-electron chi connectivity index (χ3n) is 5.35. The molecule has 0 fully saturated rings. The maximum atomic E-state index is 13.0. The van der Waals surface area contributed by atoms with E-state index in [1.54, 1.807) is 66.7 Å².